The van der Waals surface area contributed by atoms with Crippen LogP contribution in [0.3, 0.4) is 0 Å². The first-order valence-electron chi connectivity index (χ1n) is 10.7. The number of halogens is 1. The average Bonchev–Trinajstić information content (AvgIpc) is 3.47. The molecule has 0 aliphatic carbocycles. The first-order valence-corrected chi connectivity index (χ1v) is 12.1. The molecule has 0 aliphatic heterocycles. The van der Waals surface area contributed by atoms with Gasteiger partial charge in [-0.1, -0.05) is 53.7 Å². The Kier molecular flexibility index (Phi) is 7.52. The lowest BCUT2D eigenvalue weighted by Gasteiger charge is -2.26. The van der Waals surface area contributed by atoms with Crippen molar-refractivity contribution in [3.8, 4) is 11.4 Å². The van der Waals surface area contributed by atoms with Gasteiger partial charge in [-0.3, -0.25) is 9.36 Å². The predicted octanol–water partition coefficient (Wildman–Crippen LogP) is 5.77. The van der Waals surface area contributed by atoms with Gasteiger partial charge in [-0.25, -0.2) is 0 Å². The Bertz CT molecular complexity index is 1180. The first-order chi connectivity index (χ1) is 16.0. The minimum Gasteiger partial charge on any atom is -0.467 e. The molecule has 2 heterocycles. The van der Waals surface area contributed by atoms with Gasteiger partial charge in [-0.15, -0.1) is 10.2 Å². The van der Waals surface area contributed by atoms with Crippen LogP contribution in [0.15, 0.2) is 82.6 Å². The van der Waals surface area contributed by atoms with Crippen LogP contribution < -0.4 is 0 Å². The summed E-state index contributed by atoms with van der Waals surface area (Å²) in [5.41, 5.74) is 2.00. The van der Waals surface area contributed by atoms with Gasteiger partial charge >= 0.3 is 0 Å². The molecule has 0 unspecified atom stereocenters. The summed E-state index contributed by atoms with van der Waals surface area (Å²) >= 11 is 7.44. The quantitative estimate of drug-likeness (QED) is 0.284. The highest BCUT2D eigenvalue weighted by atomic mass is 35.5. The average molecular weight is 481 g/mol. The molecule has 0 N–H and O–H groups in total. The fraction of sp³-hybridized carbons (Fsp3) is 0.240. The molecule has 0 aliphatic rings. The van der Waals surface area contributed by atoms with Crippen molar-refractivity contribution in [2.45, 2.75) is 38.1 Å². The second-order valence-electron chi connectivity index (χ2n) is 7.87. The molecule has 170 valence electrons. The van der Waals surface area contributed by atoms with Crippen molar-refractivity contribution in [2.75, 3.05) is 5.75 Å². The maximum atomic E-state index is 13.1. The van der Waals surface area contributed by atoms with Crippen LogP contribution in [0.4, 0.5) is 0 Å². The minimum atomic E-state index is 0.0550. The minimum absolute atomic E-state index is 0.0550. The number of benzene rings is 2. The highest BCUT2D eigenvalue weighted by Crippen LogP contribution is 2.27. The molecule has 0 saturated carbocycles. The van der Waals surface area contributed by atoms with E-state index >= 15 is 0 Å². The first kappa shape index (κ1) is 23.1. The molecular formula is C25H25ClN4O2S. The van der Waals surface area contributed by atoms with Crippen LogP contribution in [0.5, 0.6) is 0 Å². The Morgan fingerprint density at radius 1 is 1.06 bits per heavy atom. The highest BCUT2D eigenvalue weighted by molar-refractivity contribution is 7.99. The molecule has 6 nitrogen and oxygen atoms in total. The van der Waals surface area contributed by atoms with E-state index in [9.17, 15) is 4.79 Å². The number of thioether (sulfide) groups is 1. The normalized spacial score (nSPS) is 11.2. The maximum Gasteiger partial charge on any atom is 0.233 e. The van der Waals surface area contributed by atoms with Gasteiger partial charge in [0.2, 0.25) is 5.91 Å². The van der Waals surface area contributed by atoms with Gasteiger partial charge in [0.1, 0.15) is 5.76 Å². The van der Waals surface area contributed by atoms with E-state index in [0.717, 1.165) is 16.9 Å². The molecule has 4 rings (SSSR count). The summed E-state index contributed by atoms with van der Waals surface area (Å²) in [6, 6.07) is 21.3. The zero-order valence-electron chi connectivity index (χ0n) is 18.5. The lowest BCUT2D eigenvalue weighted by Crippen LogP contribution is -2.37. The second kappa shape index (κ2) is 10.7. The van der Waals surface area contributed by atoms with Crippen LogP contribution in [-0.4, -0.2) is 37.4 Å². The summed E-state index contributed by atoms with van der Waals surface area (Å²) in [6.45, 7) is 5.10. The van der Waals surface area contributed by atoms with E-state index in [1.54, 1.807) is 6.26 Å². The van der Waals surface area contributed by atoms with E-state index in [2.05, 4.69) is 10.2 Å². The SMILES string of the molecule is CC(C)N(Cc1ccccc1)C(=O)CSc1nnc(-c2ccc(Cl)cc2)n1Cc1ccco1. The van der Waals surface area contributed by atoms with Gasteiger partial charge in [-0.2, -0.15) is 0 Å². The Hall–Kier alpha value is -3.03. The van der Waals surface area contributed by atoms with E-state index in [0.29, 0.717) is 29.1 Å². The Morgan fingerprint density at radius 2 is 1.82 bits per heavy atom. The van der Waals surface area contributed by atoms with Crippen molar-refractivity contribution in [1.29, 1.82) is 0 Å². The summed E-state index contributed by atoms with van der Waals surface area (Å²) in [5.74, 6) is 1.80. The van der Waals surface area contributed by atoms with Crippen LogP contribution in [-0.2, 0) is 17.9 Å². The van der Waals surface area contributed by atoms with Gasteiger partial charge in [0.25, 0.3) is 0 Å². The fourth-order valence-corrected chi connectivity index (χ4v) is 4.41. The maximum absolute atomic E-state index is 13.1. The monoisotopic (exact) mass is 480 g/mol. The summed E-state index contributed by atoms with van der Waals surface area (Å²) < 4.78 is 7.52. The van der Waals surface area contributed by atoms with Gasteiger partial charge in [0.15, 0.2) is 11.0 Å². The predicted molar refractivity (Wildman–Crippen MR) is 131 cm³/mol. The highest BCUT2D eigenvalue weighted by Gasteiger charge is 2.21. The van der Waals surface area contributed by atoms with E-state index in [4.69, 9.17) is 16.0 Å². The van der Waals surface area contributed by atoms with Gasteiger partial charge in [0.05, 0.1) is 18.6 Å². The van der Waals surface area contributed by atoms with E-state index in [1.165, 1.54) is 11.8 Å². The lowest BCUT2D eigenvalue weighted by atomic mass is 10.2. The molecule has 2 aromatic carbocycles. The molecule has 1 amide bonds. The molecule has 8 heteroatoms. The summed E-state index contributed by atoms with van der Waals surface area (Å²) in [5, 5.41) is 10.1. The number of carbonyl (C=O) groups is 1. The molecule has 0 saturated heterocycles. The molecule has 0 fully saturated rings. The molecular weight excluding hydrogens is 456 g/mol. The molecule has 0 bridgehead atoms. The third kappa shape index (κ3) is 5.86. The summed E-state index contributed by atoms with van der Waals surface area (Å²) in [7, 11) is 0. The Labute approximate surface area is 202 Å². The molecule has 2 aromatic heterocycles. The number of hydrogen-bond acceptors (Lipinski definition) is 5. The van der Waals surface area contributed by atoms with Crippen molar-refractivity contribution in [3.63, 3.8) is 0 Å². The van der Waals surface area contributed by atoms with Gasteiger partial charge in [0, 0.05) is 23.2 Å². The van der Waals surface area contributed by atoms with Gasteiger partial charge < -0.3 is 9.32 Å². The molecule has 0 radical (unpaired) electrons. The number of aromatic nitrogens is 3. The topological polar surface area (TPSA) is 64.2 Å². The number of furan rings is 1. The summed E-state index contributed by atoms with van der Waals surface area (Å²) in [6.07, 6.45) is 1.64. The third-order valence-corrected chi connectivity index (χ3v) is 6.38. The number of rotatable bonds is 9. The zero-order chi connectivity index (χ0) is 23.2. The number of amides is 1. The van der Waals surface area contributed by atoms with E-state index in [-0.39, 0.29) is 17.7 Å². The van der Waals surface area contributed by atoms with Crippen LogP contribution in [0.1, 0.15) is 25.2 Å². The van der Waals surface area contributed by atoms with Crippen molar-refractivity contribution in [1.82, 2.24) is 19.7 Å². The standard InChI is InChI=1S/C25H25ClN4O2S/c1-18(2)29(15-19-7-4-3-5-8-19)23(31)17-33-25-28-27-24(20-10-12-21(26)13-11-20)30(25)16-22-9-6-14-32-22/h3-14,18H,15-17H2,1-2H3. The van der Waals surface area contributed by atoms with Crippen molar-refractivity contribution >= 4 is 29.3 Å². The largest absolute Gasteiger partial charge is 0.467 e. The number of nitrogens with zero attached hydrogens (tertiary/aromatic N) is 4. The smallest absolute Gasteiger partial charge is 0.233 e. The van der Waals surface area contributed by atoms with Crippen molar-refractivity contribution in [3.05, 3.63) is 89.3 Å². The van der Waals surface area contributed by atoms with Crippen LogP contribution in [0.25, 0.3) is 11.4 Å². The Balaban J connectivity index is 1.54. The molecule has 33 heavy (non-hydrogen) atoms. The van der Waals surface area contributed by atoms with Crippen molar-refractivity contribution in [2.24, 2.45) is 0 Å². The van der Waals surface area contributed by atoms with Crippen LogP contribution in [0, 0.1) is 0 Å². The van der Waals surface area contributed by atoms with Crippen molar-refractivity contribution < 1.29 is 9.21 Å². The van der Waals surface area contributed by atoms with E-state index < -0.39 is 0 Å². The summed E-state index contributed by atoms with van der Waals surface area (Å²) in [4.78, 5) is 15.0. The number of hydrogen-bond donors (Lipinski definition) is 0. The van der Waals surface area contributed by atoms with E-state index in [1.807, 2.05) is 90.0 Å². The van der Waals surface area contributed by atoms with Crippen LogP contribution >= 0.6 is 23.4 Å². The molecule has 4 aromatic rings. The lowest BCUT2D eigenvalue weighted by molar-refractivity contribution is -0.130. The fourth-order valence-electron chi connectivity index (χ4n) is 3.46. The Morgan fingerprint density at radius 3 is 2.48 bits per heavy atom. The van der Waals surface area contributed by atoms with Crippen LogP contribution in [0.2, 0.25) is 5.02 Å². The molecule has 0 atom stereocenters. The third-order valence-electron chi connectivity index (χ3n) is 5.18. The second-order valence-corrected chi connectivity index (χ2v) is 9.25. The zero-order valence-corrected chi connectivity index (χ0v) is 20.1. The van der Waals surface area contributed by atoms with Gasteiger partial charge in [-0.05, 0) is 55.8 Å². The molecule has 0 spiro atoms. The number of carbonyl (C=O) groups excluding carboxylic acids is 1.